The number of hydrogen-bond donors (Lipinski definition) is 1. The van der Waals surface area contributed by atoms with E-state index in [4.69, 9.17) is 5.73 Å². The predicted molar refractivity (Wildman–Crippen MR) is 66.2 cm³/mol. The summed E-state index contributed by atoms with van der Waals surface area (Å²) in [5, 5.41) is 4.40. The second kappa shape index (κ2) is 5.00. The maximum atomic E-state index is 6.25. The summed E-state index contributed by atoms with van der Waals surface area (Å²) < 4.78 is 2.01. The van der Waals surface area contributed by atoms with Gasteiger partial charge in [-0.2, -0.15) is 5.10 Å². The van der Waals surface area contributed by atoms with Crippen LogP contribution in [0.2, 0.25) is 0 Å². The molecule has 1 aromatic heterocycles. The van der Waals surface area contributed by atoms with E-state index in [9.17, 15) is 0 Å². The van der Waals surface area contributed by atoms with Gasteiger partial charge in [0.25, 0.3) is 0 Å². The minimum Gasteiger partial charge on any atom is -0.327 e. The van der Waals surface area contributed by atoms with Gasteiger partial charge in [0.1, 0.15) is 0 Å². The van der Waals surface area contributed by atoms with Gasteiger partial charge in [0, 0.05) is 18.8 Å². The first-order valence-electron chi connectivity index (χ1n) is 6.42. The van der Waals surface area contributed by atoms with Crippen molar-refractivity contribution in [2.24, 2.45) is 18.7 Å². The Kier molecular flexibility index (Phi) is 3.64. The van der Waals surface area contributed by atoms with Crippen molar-refractivity contribution in [1.82, 2.24) is 9.78 Å². The first-order chi connectivity index (χ1) is 7.66. The van der Waals surface area contributed by atoms with Gasteiger partial charge in [0.15, 0.2) is 0 Å². The molecule has 1 aliphatic rings. The lowest BCUT2D eigenvalue weighted by molar-refractivity contribution is 0.387. The number of hydrogen-bond acceptors (Lipinski definition) is 2. The van der Waals surface area contributed by atoms with Crippen molar-refractivity contribution in [3.8, 4) is 0 Å². The molecule has 2 N–H and O–H groups in total. The minimum atomic E-state index is 0.387. The predicted octanol–water partition coefficient (Wildman–Crippen LogP) is 2.18. The van der Waals surface area contributed by atoms with Gasteiger partial charge < -0.3 is 5.73 Å². The number of nitrogens with zero attached hydrogens (tertiary/aromatic N) is 2. The highest BCUT2D eigenvalue weighted by Crippen LogP contribution is 2.25. The molecule has 0 aromatic carbocycles. The minimum absolute atomic E-state index is 0.387. The van der Waals surface area contributed by atoms with Crippen LogP contribution in [0.4, 0.5) is 0 Å². The topological polar surface area (TPSA) is 43.8 Å². The zero-order valence-corrected chi connectivity index (χ0v) is 10.4. The molecular weight excluding hydrogens is 198 g/mol. The quantitative estimate of drug-likeness (QED) is 0.778. The average molecular weight is 221 g/mol. The summed E-state index contributed by atoms with van der Waals surface area (Å²) in [6.07, 6.45) is 7.58. The highest BCUT2D eigenvalue weighted by Gasteiger charge is 2.21. The van der Waals surface area contributed by atoms with Crippen LogP contribution in [-0.4, -0.2) is 15.8 Å². The van der Waals surface area contributed by atoms with Crippen molar-refractivity contribution in [3.63, 3.8) is 0 Å². The lowest BCUT2D eigenvalue weighted by Gasteiger charge is -2.21. The molecule has 16 heavy (non-hydrogen) atoms. The third kappa shape index (κ3) is 2.64. The molecule has 1 aliphatic carbocycles. The van der Waals surface area contributed by atoms with Crippen LogP contribution in [0, 0.1) is 12.8 Å². The van der Waals surface area contributed by atoms with Gasteiger partial charge in [-0.3, -0.25) is 4.68 Å². The normalized spacial score (nSPS) is 26.7. The van der Waals surface area contributed by atoms with Gasteiger partial charge in [-0.15, -0.1) is 0 Å². The molecule has 2 unspecified atom stereocenters. The Morgan fingerprint density at radius 2 is 2.12 bits per heavy atom. The fourth-order valence-corrected chi connectivity index (χ4v) is 2.79. The van der Waals surface area contributed by atoms with Crippen molar-refractivity contribution in [1.29, 1.82) is 0 Å². The van der Waals surface area contributed by atoms with Gasteiger partial charge >= 0.3 is 0 Å². The van der Waals surface area contributed by atoms with E-state index >= 15 is 0 Å². The smallest absolute Gasteiger partial charge is 0.0596 e. The Morgan fingerprint density at radius 3 is 2.81 bits per heavy atom. The summed E-state index contributed by atoms with van der Waals surface area (Å²) in [6.45, 7) is 2.05. The molecule has 1 aromatic rings. The van der Waals surface area contributed by atoms with Crippen molar-refractivity contribution >= 4 is 0 Å². The first kappa shape index (κ1) is 11.6. The summed E-state index contributed by atoms with van der Waals surface area (Å²) in [4.78, 5) is 0. The fraction of sp³-hybridized carbons (Fsp3) is 0.769. The van der Waals surface area contributed by atoms with Crippen LogP contribution in [0.15, 0.2) is 6.07 Å². The molecule has 2 rings (SSSR count). The fourth-order valence-electron chi connectivity index (χ4n) is 2.79. The van der Waals surface area contributed by atoms with Crippen molar-refractivity contribution in [2.45, 2.75) is 51.5 Å². The van der Waals surface area contributed by atoms with E-state index in [1.165, 1.54) is 37.8 Å². The lowest BCUT2D eigenvalue weighted by Crippen LogP contribution is -2.30. The summed E-state index contributed by atoms with van der Waals surface area (Å²) in [5.41, 5.74) is 8.70. The van der Waals surface area contributed by atoms with E-state index in [1.807, 2.05) is 11.7 Å². The van der Waals surface area contributed by atoms with Gasteiger partial charge in [-0.1, -0.05) is 19.3 Å². The van der Waals surface area contributed by atoms with Crippen molar-refractivity contribution < 1.29 is 0 Å². The largest absolute Gasteiger partial charge is 0.327 e. The van der Waals surface area contributed by atoms with Gasteiger partial charge in [-0.05, 0) is 38.2 Å². The standard InChI is InChI=1S/C13H23N3/c1-10-8-12(16(2)15-10)9-11-6-4-3-5-7-13(11)14/h8,11,13H,3-7,9,14H2,1-2H3. The molecule has 1 saturated carbocycles. The Labute approximate surface area is 98.0 Å². The number of nitrogens with two attached hydrogens (primary N) is 1. The van der Waals surface area contributed by atoms with Crippen LogP contribution in [0.25, 0.3) is 0 Å². The molecule has 1 fully saturated rings. The number of rotatable bonds is 2. The molecule has 0 bridgehead atoms. The zero-order valence-electron chi connectivity index (χ0n) is 10.4. The summed E-state index contributed by atoms with van der Waals surface area (Å²) in [7, 11) is 2.03. The zero-order chi connectivity index (χ0) is 11.5. The Morgan fingerprint density at radius 1 is 1.38 bits per heavy atom. The molecule has 0 amide bonds. The van der Waals surface area contributed by atoms with Crippen LogP contribution in [-0.2, 0) is 13.5 Å². The molecule has 1 heterocycles. The molecule has 90 valence electrons. The van der Waals surface area contributed by atoms with E-state index in [0.29, 0.717) is 12.0 Å². The molecule has 0 saturated heterocycles. The van der Waals surface area contributed by atoms with E-state index in [0.717, 1.165) is 12.1 Å². The number of aromatic nitrogens is 2. The second-order valence-electron chi connectivity index (χ2n) is 5.17. The third-order valence-corrected chi connectivity index (χ3v) is 3.79. The molecule has 3 nitrogen and oxygen atoms in total. The SMILES string of the molecule is Cc1cc(CC2CCCCCC2N)n(C)n1. The van der Waals surface area contributed by atoms with Gasteiger partial charge in [-0.25, -0.2) is 0 Å². The summed E-state index contributed by atoms with van der Waals surface area (Å²) >= 11 is 0. The molecule has 0 spiro atoms. The van der Waals surface area contributed by atoms with Gasteiger partial charge in [0.2, 0.25) is 0 Å². The van der Waals surface area contributed by atoms with E-state index < -0.39 is 0 Å². The second-order valence-corrected chi connectivity index (χ2v) is 5.17. The maximum absolute atomic E-state index is 6.25. The van der Waals surface area contributed by atoms with Crippen LogP contribution in [0.3, 0.4) is 0 Å². The monoisotopic (exact) mass is 221 g/mol. The number of aryl methyl sites for hydroxylation is 2. The summed E-state index contributed by atoms with van der Waals surface area (Å²) in [6, 6.07) is 2.58. The van der Waals surface area contributed by atoms with Crippen molar-refractivity contribution in [3.05, 3.63) is 17.5 Å². The van der Waals surface area contributed by atoms with Gasteiger partial charge in [0.05, 0.1) is 5.69 Å². The highest BCUT2D eigenvalue weighted by molar-refractivity contribution is 5.09. The highest BCUT2D eigenvalue weighted by atomic mass is 15.3. The van der Waals surface area contributed by atoms with E-state index in [1.54, 1.807) is 0 Å². The Hall–Kier alpha value is -0.830. The molecule has 3 heteroatoms. The van der Waals surface area contributed by atoms with Crippen LogP contribution in [0.1, 0.15) is 43.5 Å². The van der Waals surface area contributed by atoms with Crippen LogP contribution >= 0.6 is 0 Å². The average Bonchev–Trinajstić information content (AvgIpc) is 2.43. The first-order valence-corrected chi connectivity index (χ1v) is 6.42. The molecular formula is C13H23N3. The third-order valence-electron chi connectivity index (χ3n) is 3.79. The Balaban J connectivity index is 2.04. The van der Waals surface area contributed by atoms with E-state index in [2.05, 4.69) is 18.1 Å². The van der Waals surface area contributed by atoms with Crippen molar-refractivity contribution in [2.75, 3.05) is 0 Å². The lowest BCUT2D eigenvalue weighted by atomic mass is 9.91. The Bertz CT molecular complexity index is 343. The summed E-state index contributed by atoms with van der Waals surface area (Å²) in [5.74, 6) is 0.650. The molecule has 0 aliphatic heterocycles. The molecule has 2 atom stereocenters. The maximum Gasteiger partial charge on any atom is 0.0596 e. The van der Waals surface area contributed by atoms with Crippen LogP contribution in [0.5, 0.6) is 0 Å². The molecule has 0 radical (unpaired) electrons. The van der Waals surface area contributed by atoms with Crippen LogP contribution < -0.4 is 5.73 Å². The van der Waals surface area contributed by atoms with E-state index in [-0.39, 0.29) is 0 Å².